The van der Waals surface area contributed by atoms with Crippen LogP contribution in [-0.2, 0) is 20.9 Å². The molecule has 1 amide bonds. The van der Waals surface area contributed by atoms with Crippen LogP contribution in [-0.4, -0.2) is 34.5 Å². The van der Waals surface area contributed by atoms with Crippen LogP contribution in [0, 0.1) is 11.8 Å². The van der Waals surface area contributed by atoms with E-state index in [1.165, 1.54) is 0 Å². The Balaban J connectivity index is 1.74. The Labute approximate surface area is 146 Å². The second-order valence-corrected chi connectivity index (χ2v) is 7.25. The number of carbonyl (C=O) groups is 2. The predicted octanol–water partition coefficient (Wildman–Crippen LogP) is 1.05. The molecule has 4 rings (SSSR count). The first-order chi connectivity index (χ1) is 11.9. The first-order valence-corrected chi connectivity index (χ1v) is 8.51. The molecule has 3 aliphatic heterocycles. The van der Waals surface area contributed by atoms with Gasteiger partial charge in [0.1, 0.15) is 5.60 Å². The molecule has 0 radical (unpaired) electrons. The van der Waals surface area contributed by atoms with Crippen LogP contribution in [0.15, 0.2) is 54.6 Å². The fourth-order valence-corrected chi connectivity index (χ4v) is 4.56. The van der Waals surface area contributed by atoms with Crippen LogP contribution in [0.2, 0.25) is 0 Å². The van der Waals surface area contributed by atoms with Gasteiger partial charge in [-0.25, -0.2) is 0 Å². The molecule has 0 unspecified atom stereocenters. The van der Waals surface area contributed by atoms with Gasteiger partial charge in [-0.1, -0.05) is 48.1 Å². The van der Waals surface area contributed by atoms with Crippen LogP contribution in [0.25, 0.3) is 0 Å². The van der Waals surface area contributed by atoms with Gasteiger partial charge in [0.2, 0.25) is 5.91 Å². The number of nitrogens with zero attached hydrogens (tertiary/aromatic N) is 1. The van der Waals surface area contributed by atoms with E-state index in [1.54, 1.807) is 11.0 Å². The summed E-state index contributed by atoms with van der Waals surface area (Å²) < 4.78 is 6.07. The summed E-state index contributed by atoms with van der Waals surface area (Å²) in [6.07, 6.45) is 3.65. The molecule has 2 fully saturated rings. The highest BCUT2D eigenvalue weighted by Crippen LogP contribution is 2.56. The maximum absolute atomic E-state index is 13.2. The maximum Gasteiger partial charge on any atom is 0.230 e. The summed E-state index contributed by atoms with van der Waals surface area (Å²) in [6.45, 7) is 6.33. The average Bonchev–Trinajstić information content (AvgIpc) is 3.20. The fraction of sp³-hybridized carbons (Fsp3) is 0.400. The Morgan fingerprint density at radius 3 is 2.72 bits per heavy atom. The standard InChI is InChI=1S/C20H21NO4/c1-12(2)10-15-20-9-8-14(25-20)16(19(23)24)17(20)18(22)21(15)11-13-6-4-3-5-7-13/h3-9,14-17H,1,10-11H2,2H3,(H,23,24)/p-1/t14-,15+,16-,17+,20-/m1/s1. The van der Waals surface area contributed by atoms with Gasteiger partial charge in [-0.05, 0) is 18.9 Å². The maximum atomic E-state index is 13.2. The minimum atomic E-state index is -1.22. The number of hydrogen-bond acceptors (Lipinski definition) is 4. The number of hydrogen-bond donors (Lipinski definition) is 0. The first-order valence-electron chi connectivity index (χ1n) is 8.51. The summed E-state index contributed by atoms with van der Waals surface area (Å²) in [4.78, 5) is 26.6. The summed E-state index contributed by atoms with van der Waals surface area (Å²) in [6, 6.07) is 9.44. The third-order valence-corrected chi connectivity index (χ3v) is 5.54. The molecular formula is C20H20NO4-. The number of amides is 1. The third-order valence-electron chi connectivity index (χ3n) is 5.54. The quantitative estimate of drug-likeness (QED) is 0.753. The zero-order valence-corrected chi connectivity index (χ0v) is 14.1. The lowest BCUT2D eigenvalue weighted by Crippen LogP contribution is -2.46. The lowest BCUT2D eigenvalue weighted by Gasteiger charge is -2.33. The van der Waals surface area contributed by atoms with Crippen LogP contribution >= 0.6 is 0 Å². The van der Waals surface area contributed by atoms with Crippen molar-refractivity contribution in [2.45, 2.75) is 37.6 Å². The van der Waals surface area contributed by atoms with Gasteiger partial charge in [0.05, 0.1) is 18.1 Å². The number of likely N-dealkylation sites (tertiary alicyclic amines) is 1. The molecule has 5 nitrogen and oxygen atoms in total. The molecule has 3 aliphatic rings. The Bertz CT molecular complexity index is 771. The van der Waals surface area contributed by atoms with Crippen molar-refractivity contribution in [1.29, 1.82) is 0 Å². The molecule has 1 spiro atoms. The molecule has 2 bridgehead atoms. The predicted molar refractivity (Wildman–Crippen MR) is 88.9 cm³/mol. The van der Waals surface area contributed by atoms with E-state index in [1.807, 2.05) is 43.3 Å². The minimum Gasteiger partial charge on any atom is -0.550 e. The first kappa shape index (κ1) is 16.1. The molecule has 1 aromatic rings. The molecule has 25 heavy (non-hydrogen) atoms. The van der Waals surface area contributed by atoms with Gasteiger partial charge in [0, 0.05) is 18.4 Å². The molecule has 0 saturated carbocycles. The number of rotatable bonds is 5. The highest BCUT2D eigenvalue weighted by atomic mass is 16.5. The van der Waals surface area contributed by atoms with Crippen molar-refractivity contribution in [2.24, 2.45) is 11.8 Å². The number of carboxylic acid groups (broad SMARTS) is 1. The van der Waals surface area contributed by atoms with Crippen LogP contribution in [0.4, 0.5) is 0 Å². The van der Waals surface area contributed by atoms with E-state index in [-0.39, 0.29) is 11.9 Å². The van der Waals surface area contributed by atoms with E-state index < -0.39 is 29.5 Å². The van der Waals surface area contributed by atoms with Crippen molar-refractivity contribution in [1.82, 2.24) is 4.90 Å². The molecule has 1 aromatic carbocycles. The summed E-state index contributed by atoms with van der Waals surface area (Å²) in [5, 5.41) is 11.7. The van der Waals surface area contributed by atoms with Gasteiger partial charge >= 0.3 is 0 Å². The Morgan fingerprint density at radius 2 is 2.08 bits per heavy atom. The van der Waals surface area contributed by atoms with E-state index >= 15 is 0 Å². The summed E-state index contributed by atoms with van der Waals surface area (Å²) >= 11 is 0. The zero-order chi connectivity index (χ0) is 17.8. The second-order valence-electron chi connectivity index (χ2n) is 7.25. The highest BCUT2D eigenvalue weighted by Gasteiger charge is 2.69. The van der Waals surface area contributed by atoms with Gasteiger partial charge < -0.3 is 19.5 Å². The molecule has 5 heteroatoms. The summed E-state index contributed by atoms with van der Waals surface area (Å²) in [5.41, 5.74) is 1.05. The SMILES string of the molecule is C=C(C)C[C@@H]1N(Cc2ccccc2)C(=O)[C@@H]2[C@H](C(=O)[O-])[C@H]3C=C[C@]21O3. The molecular weight excluding hydrogens is 318 g/mol. The van der Waals surface area contributed by atoms with E-state index in [4.69, 9.17) is 4.74 Å². The second kappa shape index (κ2) is 5.56. The van der Waals surface area contributed by atoms with E-state index in [9.17, 15) is 14.7 Å². The van der Waals surface area contributed by atoms with E-state index in [0.29, 0.717) is 13.0 Å². The fourth-order valence-electron chi connectivity index (χ4n) is 4.56. The lowest BCUT2D eigenvalue weighted by molar-refractivity contribution is -0.313. The highest BCUT2D eigenvalue weighted by molar-refractivity contribution is 5.91. The Morgan fingerprint density at radius 1 is 1.36 bits per heavy atom. The topological polar surface area (TPSA) is 69.7 Å². The molecule has 2 saturated heterocycles. The average molecular weight is 338 g/mol. The zero-order valence-electron chi connectivity index (χ0n) is 14.1. The van der Waals surface area contributed by atoms with Gasteiger partial charge in [-0.3, -0.25) is 4.79 Å². The van der Waals surface area contributed by atoms with Crippen LogP contribution in [0.3, 0.4) is 0 Å². The van der Waals surface area contributed by atoms with Crippen LogP contribution < -0.4 is 5.11 Å². The van der Waals surface area contributed by atoms with Crippen molar-refractivity contribution < 1.29 is 19.4 Å². The van der Waals surface area contributed by atoms with E-state index in [2.05, 4.69) is 6.58 Å². The van der Waals surface area contributed by atoms with Gasteiger partial charge in [-0.15, -0.1) is 6.58 Å². The van der Waals surface area contributed by atoms with Crippen molar-refractivity contribution >= 4 is 11.9 Å². The van der Waals surface area contributed by atoms with Crippen molar-refractivity contribution in [2.75, 3.05) is 0 Å². The molecule has 3 heterocycles. The van der Waals surface area contributed by atoms with Crippen molar-refractivity contribution in [3.8, 4) is 0 Å². The molecule has 0 aromatic heterocycles. The Hall–Kier alpha value is -2.40. The van der Waals surface area contributed by atoms with Gasteiger partial charge in [0.15, 0.2) is 0 Å². The van der Waals surface area contributed by atoms with Crippen molar-refractivity contribution in [3.63, 3.8) is 0 Å². The number of aliphatic carboxylic acids is 1. The number of ether oxygens (including phenoxy) is 1. The molecule has 0 aliphatic carbocycles. The van der Waals surface area contributed by atoms with Gasteiger partial charge in [0.25, 0.3) is 0 Å². The number of carbonyl (C=O) groups excluding carboxylic acids is 2. The summed E-state index contributed by atoms with van der Waals surface area (Å²) in [7, 11) is 0. The Kier molecular flexibility index (Phi) is 3.58. The van der Waals surface area contributed by atoms with Crippen LogP contribution in [0.5, 0.6) is 0 Å². The minimum absolute atomic E-state index is 0.170. The molecule has 5 atom stereocenters. The van der Waals surface area contributed by atoms with Gasteiger partial charge in [-0.2, -0.15) is 0 Å². The monoisotopic (exact) mass is 338 g/mol. The molecule has 130 valence electrons. The smallest absolute Gasteiger partial charge is 0.230 e. The van der Waals surface area contributed by atoms with E-state index in [0.717, 1.165) is 11.1 Å². The van der Waals surface area contributed by atoms with Crippen LogP contribution in [0.1, 0.15) is 18.9 Å². The van der Waals surface area contributed by atoms with Crippen molar-refractivity contribution in [3.05, 3.63) is 60.2 Å². The number of benzene rings is 1. The number of fused-ring (bicyclic) bond motifs is 1. The number of carboxylic acids is 1. The largest absolute Gasteiger partial charge is 0.550 e. The normalized spacial score (nSPS) is 35.2. The molecule has 0 N–H and O–H groups in total. The summed E-state index contributed by atoms with van der Waals surface area (Å²) in [5.74, 6) is -3.03. The third kappa shape index (κ3) is 2.26. The lowest BCUT2D eigenvalue weighted by atomic mass is 9.74.